The molecule has 3 nitrogen and oxygen atoms in total. The van der Waals surface area contributed by atoms with Crippen LogP contribution in [-0.2, 0) is 0 Å². The maximum Gasteiger partial charge on any atom is 0.291 e. The van der Waals surface area contributed by atoms with Crippen LogP contribution in [0.1, 0.15) is 19.3 Å². The Kier molecular flexibility index (Phi) is 2.17. The topological polar surface area (TPSA) is 34.9 Å². The fourth-order valence-electron chi connectivity index (χ4n) is 1.06. The SMILES string of the molecule is O=C(SC1CCC1)n1ccnc1. The molecule has 0 bridgehead atoms. The van der Waals surface area contributed by atoms with E-state index in [1.807, 2.05) is 0 Å². The van der Waals surface area contributed by atoms with E-state index in [-0.39, 0.29) is 5.24 Å². The Balaban J connectivity index is 1.92. The maximum absolute atomic E-state index is 11.4. The molecule has 0 spiro atoms. The normalized spacial score (nSPS) is 17.3. The van der Waals surface area contributed by atoms with Crippen molar-refractivity contribution in [2.75, 3.05) is 0 Å². The Morgan fingerprint density at radius 1 is 1.58 bits per heavy atom. The van der Waals surface area contributed by atoms with Crippen molar-refractivity contribution in [3.63, 3.8) is 0 Å². The summed E-state index contributed by atoms with van der Waals surface area (Å²) >= 11 is 1.43. The first-order valence-electron chi connectivity index (χ1n) is 4.05. The Hall–Kier alpha value is -0.770. The Morgan fingerprint density at radius 2 is 2.42 bits per heavy atom. The van der Waals surface area contributed by atoms with E-state index in [9.17, 15) is 4.79 Å². The zero-order valence-electron chi connectivity index (χ0n) is 6.64. The molecule has 4 heteroatoms. The van der Waals surface area contributed by atoms with Crippen LogP contribution in [0.5, 0.6) is 0 Å². The van der Waals surface area contributed by atoms with Gasteiger partial charge in [-0.15, -0.1) is 0 Å². The van der Waals surface area contributed by atoms with Crippen LogP contribution in [0.4, 0.5) is 4.79 Å². The highest BCUT2D eigenvalue weighted by Gasteiger charge is 2.21. The van der Waals surface area contributed by atoms with E-state index < -0.39 is 0 Å². The van der Waals surface area contributed by atoms with Crippen molar-refractivity contribution < 1.29 is 4.79 Å². The predicted molar refractivity (Wildman–Crippen MR) is 48.3 cm³/mol. The second-order valence-corrected chi connectivity index (χ2v) is 4.16. The molecular formula is C8H10N2OS. The third kappa shape index (κ3) is 1.53. The van der Waals surface area contributed by atoms with Gasteiger partial charge >= 0.3 is 0 Å². The molecule has 0 unspecified atom stereocenters. The van der Waals surface area contributed by atoms with Gasteiger partial charge in [0, 0.05) is 17.6 Å². The number of rotatable bonds is 1. The van der Waals surface area contributed by atoms with Crippen molar-refractivity contribution in [1.29, 1.82) is 0 Å². The first kappa shape index (κ1) is 7.86. The molecule has 0 atom stereocenters. The Labute approximate surface area is 75.2 Å². The van der Waals surface area contributed by atoms with Crippen molar-refractivity contribution in [1.82, 2.24) is 9.55 Å². The van der Waals surface area contributed by atoms with E-state index in [0.717, 1.165) is 0 Å². The van der Waals surface area contributed by atoms with Crippen LogP contribution in [0.15, 0.2) is 18.7 Å². The largest absolute Gasteiger partial charge is 0.291 e. The van der Waals surface area contributed by atoms with E-state index in [4.69, 9.17) is 0 Å². The Bertz CT molecular complexity index is 267. The van der Waals surface area contributed by atoms with Crippen LogP contribution in [0, 0.1) is 0 Å². The number of aromatic nitrogens is 2. The summed E-state index contributed by atoms with van der Waals surface area (Å²) in [5.41, 5.74) is 0. The number of carbonyl (C=O) groups excluding carboxylic acids is 1. The summed E-state index contributed by atoms with van der Waals surface area (Å²) in [6.45, 7) is 0. The molecule has 1 aliphatic rings. The molecule has 0 saturated heterocycles. The van der Waals surface area contributed by atoms with Crippen LogP contribution in [0.2, 0.25) is 0 Å². The number of thioether (sulfide) groups is 1. The van der Waals surface area contributed by atoms with Gasteiger partial charge in [-0.05, 0) is 12.8 Å². The zero-order valence-corrected chi connectivity index (χ0v) is 7.46. The van der Waals surface area contributed by atoms with Crippen LogP contribution in [-0.4, -0.2) is 20.0 Å². The van der Waals surface area contributed by atoms with Crippen LogP contribution in [0.25, 0.3) is 0 Å². The number of carbonyl (C=O) groups is 1. The van der Waals surface area contributed by atoms with Crippen molar-refractivity contribution in [3.05, 3.63) is 18.7 Å². The number of hydrogen-bond donors (Lipinski definition) is 0. The average molecular weight is 182 g/mol. The summed E-state index contributed by atoms with van der Waals surface area (Å²) in [6, 6.07) is 0. The van der Waals surface area contributed by atoms with Gasteiger partial charge in [-0.1, -0.05) is 18.2 Å². The van der Waals surface area contributed by atoms with Gasteiger partial charge in [-0.2, -0.15) is 0 Å². The van der Waals surface area contributed by atoms with E-state index >= 15 is 0 Å². The molecule has 1 fully saturated rings. The minimum absolute atomic E-state index is 0.0946. The lowest BCUT2D eigenvalue weighted by atomic mass is 10.0. The van der Waals surface area contributed by atoms with Crippen LogP contribution in [0.3, 0.4) is 0 Å². The number of hydrogen-bond acceptors (Lipinski definition) is 3. The lowest BCUT2D eigenvalue weighted by Crippen LogP contribution is -2.17. The summed E-state index contributed by atoms with van der Waals surface area (Å²) in [6.07, 6.45) is 8.51. The molecular weight excluding hydrogens is 172 g/mol. The van der Waals surface area contributed by atoms with E-state index in [0.29, 0.717) is 5.25 Å². The lowest BCUT2D eigenvalue weighted by molar-refractivity contribution is 0.261. The molecule has 2 rings (SSSR count). The van der Waals surface area contributed by atoms with Gasteiger partial charge in [0.2, 0.25) is 0 Å². The third-order valence-electron chi connectivity index (χ3n) is 2.03. The molecule has 1 aromatic heterocycles. The van der Waals surface area contributed by atoms with Gasteiger partial charge < -0.3 is 0 Å². The summed E-state index contributed by atoms with van der Waals surface area (Å²) in [5.74, 6) is 0. The molecule has 1 aliphatic carbocycles. The van der Waals surface area contributed by atoms with Gasteiger partial charge in [-0.3, -0.25) is 9.36 Å². The molecule has 1 heterocycles. The van der Waals surface area contributed by atoms with Crippen molar-refractivity contribution in [2.24, 2.45) is 0 Å². The highest BCUT2D eigenvalue weighted by Crippen LogP contribution is 2.32. The summed E-state index contributed by atoms with van der Waals surface area (Å²) < 4.78 is 1.53. The fraction of sp³-hybridized carbons (Fsp3) is 0.500. The number of imidazole rings is 1. The zero-order chi connectivity index (χ0) is 8.39. The fourth-order valence-corrected chi connectivity index (χ4v) is 2.14. The van der Waals surface area contributed by atoms with Crippen molar-refractivity contribution in [2.45, 2.75) is 24.5 Å². The van der Waals surface area contributed by atoms with Gasteiger partial charge in [-0.25, -0.2) is 4.98 Å². The first-order valence-corrected chi connectivity index (χ1v) is 4.93. The Morgan fingerprint density at radius 3 is 2.92 bits per heavy atom. The first-order chi connectivity index (χ1) is 5.86. The quantitative estimate of drug-likeness (QED) is 0.667. The lowest BCUT2D eigenvalue weighted by Gasteiger charge is -2.23. The summed E-state index contributed by atoms with van der Waals surface area (Å²) in [4.78, 5) is 15.2. The van der Waals surface area contributed by atoms with E-state index in [1.165, 1.54) is 35.6 Å². The minimum atomic E-state index is 0.0946. The van der Waals surface area contributed by atoms with Crippen molar-refractivity contribution in [3.8, 4) is 0 Å². The van der Waals surface area contributed by atoms with Gasteiger partial charge in [0.1, 0.15) is 6.33 Å². The van der Waals surface area contributed by atoms with Crippen LogP contribution >= 0.6 is 11.8 Å². The number of nitrogens with zero attached hydrogens (tertiary/aromatic N) is 2. The third-order valence-corrected chi connectivity index (χ3v) is 3.25. The van der Waals surface area contributed by atoms with Gasteiger partial charge in [0.15, 0.2) is 0 Å². The summed E-state index contributed by atoms with van der Waals surface area (Å²) in [7, 11) is 0. The minimum Gasteiger partial charge on any atom is -0.267 e. The molecule has 64 valence electrons. The monoisotopic (exact) mass is 182 g/mol. The molecule has 1 aromatic rings. The van der Waals surface area contributed by atoms with Crippen LogP contribution < -0.4 is 0 Å². The van der Waals surface area contributed by atoms with Gasteiger partial charge in [0.25, 0.3) is 5.24 Å². The van der Waals surface area contributed by atoms with E-state index in [2.05, 4.69) is 4.98 Å². The molecule has 0 N–H and O–H groups in total. The highest BCUT2D eigenvalue weighted by atomic mass is 32.2. The summed E-state index contributed by atoms with van der Waals surface area (Å²) in [5, 5.41) is 0.650. The average Bonchev–Trinajstić information content (AvgIpc) is 2.47. The highest BCUT2D eigenvalue weighted by molar-refractivity contribution is 8.14. The van der Waals surface area contributed by atoms with E-state index in [1.54, 1.807) is 18.7 Å². The molecule has 12 heavy (non-hydrogen) atoms. The molecule has 0 radical (unpaired) electrons. The maximum atomic E-state index is 11.4. The molecule has 1 saturated carbocycles. The standard InChI is InChI=1S/C8H10N2OS/c11-8(10-5-4-9-6-10)12-7-2-1-3-7/h4-7H,1-3H2. The predicted octanol–water partition coefficient (Wildman–Crippen LogP) is 2.14. The smallest absolute Gasteiger partial charge is 0.267 e. The molecule has 0 aromatic carbocycles. The second kappa shape index (κ2) is 3.31. The van der Waals surface area contributed by atoms with Crippen molar-refractivity contribution >= 4 is 17.0 Å². The molecule has 0 aliphatic heterocycles. The molecule has 0 amide bonds. The van der Waals surface area contributed by atoms with Gasteiger partial charge in [0.05, 0.1) is 0 Å². The second-order valence-electron chi connectivity index (χ2n) is 2.91.